The molecule has 2 heteroatoms. The highest BCUT2D eigenvalue weighted by molar-refractivity contribution is 6.05. The number of benzene rings is 1. The Morgan fingerprint density at radius 2 is 1.90 bits per heavy atom. The Kier molecular flexibility index (Phi) is 4.57. The minimum atomic E-state index is 0.0461. The van der Waals surface area contributed by atoms with Gasteiger partial charge in [0, 0.05) is 12.7 Å². The van der Waals surface area contributed by atoms with E-state index in [0.29, 0.717) is 5.92 Å². The van der Waals surface area contributed by atoms with Crippen LogP contribution in [0.5, 0.6) is 0 Å². The van der Waals surface area contributed by atoms with Crippen molar-refractivity contribution in [1.29, 1.82) is 0 Å². The second kappa shape index (κ2) is 6.38. The fourth-order valence-electron chi connectivity index (χ4n) is 2.16. The molecule has 0 amide bonds. The maximum atomic E-state index is 12.1. The van der Waals surface area contributed by atoms with Gasteiger partial charge in [0.05, 0.1) is 5.69 Å². The summed E-state index contributed by atoms with van der Waals surface area (Å²) in [6, 6.07) is 12.1. The first-order valence-electron chi connectivity index (χ1n) is 7.09. The highest BCUT2D eigenvalue weighted by Crippen LogP contribution is 2.15. The van der Waals surface area contributed by atoms with Crippen LogP contribution in [-0.4, -0.2) is 10.4 Å². The SMILES string of the molecule is CCn1cccc1C(=O)/C=C/c1ccc(C(C)C)cc1. The van der Waals surface area contributed by atoms with Gasteiger partial charge in [-0.3, -0.25) is 4.79 Å². The van der Waals surface area contributed by atoms with Crippen LogP contribution in [0.2, 0.25) is 0 Å². The van der Waals surface area contributed by atoms with Crippen LogP contribution < -0.4 is 0 Å². The summed E-state index contributed by atoms with van der Waals surface area (Å²) in [6.07, 6.45) is 5.45. The molecule has 0 saturated heterocycles. The summed E-state index contributed by atoms with van der Waals surface area (Å²) in [4.78, 5) is 12.1. The highest BCUT2D eigenvalue weighted by atomic mass is 16.1. The van der Waals surface area contributed by atoms with Crippen LogP contribution in [-0.2, 0) is 6.54 Å². The van der Waals surface area contributed by atoms with Crippen molar-refractivity contribution in [3.8, 4) is 0 Å². The summed E-state index contributed by atoms with van der Waals surface area (Å²) in [5.41, 5.74) is 3.10. The van der Waals surface area contributed by atoms with E-state index in [9.17, 15) is 4.79 Å². The second-order valence-electron chi connectivity index (χ2n) is 5.20. The summed E-state index contributed by atoms with van der Waals surface area (Å²) >= 11 is 0. The molecule has 0 aliphatic carbocycles. The lowest BCUT2D eigenvalue weighted by Gasteiger charge is -2.05. The van der Waals surface area contributed by atoms with Gasteiger partial charge in [0.2, 0.25) is 5.78 Å². The Balaban J connectivity index is 2.11. The zero-order valence-corrected chi connectivity index (χ0v) is 12.3. The zero-order valence-electron chi connectivity index (χ0n) is 12.3. The fourth-order valence-corrected chi connectivity index (χ4v) is 2.16. The molecule has 0 saturated carbocycles. The maximum Gasteiger partial charge on any atom is 0.202 e. The lowest BCUT2D eigenvalue weighted by Crippen LogP contribution is -2.04. The number of allylic oxidation sites excluding steroid dienone is 1. The zero-order chi connectivity index (χ0) is 14.5. The van der Waals surface area contributed by atoms with Crippen molar-refractivity contribution in [3.63, 3.8) is 0 Å². The number of hydrogen-bond donors (Lipinski definition) is 0. The Hall–Kier alpha value is -2.09. The predicted molar refractivity (Wildman–Crippen MR) is 84.0 cm³/mol. The predicted octanol–water partition coefficient (Wildman–Crippen LogP) is 4.53. The minimum Gasteiger partial charge on any atom is -0.345 e. The summed E-state index contributed by atoms with van der Waals surface area (Å²) in [5, 5.41) is 0. The summed E-state index contributed by atoms with van der Waals surface area (Å²) in [5.74, 6) is 0.576. The van der Waals surface area contributed by atoms with Crippen LogP contribution >= 0.6 is 0 Å². The van der Waals surface area contributed by atoms with E-state index < -0.39 is 0 Å². The van der Waals surface area contributed by atoms with Gasteiger partial charge in [-0.2, -0.15) is 0 Å². The first-order valence-corrected chi connectivity index (χ1v) is 7.09. The molecule has 0 fully saturated rings. The van der Waals surface area contributed by atoms with Gasteiger partial charge < -0.3 is 4.57 Å². The molecule has 2 nitrogen and oxygen atoms in total. The Morgan fingerprint density at radius 1 is 1.20 bits per heavy atom. The van der Waals surface area contributed by atoms with Crippen LogP contribution in [0.1, 0.15) is 48.3 Å². The topological polar surface area (TPSA) is 22.0 Å². The number of aryl methyl sites for hydroxylation is 1. The largest absolute Gasteiger partial charge is 0.345 e. The third-order valence-corrected chi connectivity index (χ3v) is 3.45. The number of carbonyl (C=O) groups excluding carboxylic acids is 1. The van der Waals surface area contributed by atoms with Gasteiger partial charge in [-0.25, -0.2) is 0 Å². The normalized spacial score (nSPS) is 11.4. The first-order chi connectivity index (χ1) is 9.61. The molecule has 20 heavy (non-hydrogen) atoms. The molecule has 1 aromatic heterocycles. The third kappa shape index (κ3) is 3.27. The van der Waals surface area contributed by atoms with Crippen molar-refractivity contribution in [2.45, 2.75) is 33.2 Å². The molecule has 1 heterocycles. The van der Waals surface area contributed by atoms with Gasteiger partial charge in [-0.05, 0) is 42.2 Å². The molecule has 104 valence electrons. The Bertz CT molecular complexity index is 603. The van der Waals surface area contributed by atoms with Crippen molar-refractivity contribution in [2.24, 2.45) is 0 Å². The number of carbonyl (C=O) groups is 1. The van der Waals surface area contributed by atoms with E-state index in [0.717, 1.165) is 17.8 Å². The average molecular weight is 267 g/mol. The summed E-state index contributed by atoms with van der Waals surface area (Å²) < 4.78 is 1.95. The monoisotopic (exact) mass is 267 g/mol. The van der Waals surface area contributed by atoms with Gasteiger partial charge in [-0.15, -0.1) is 0 Å². The molecular weight excluding hydrogens is 246 g/mol. The molecule has 0 bridgehead atoms. The molecule has 0 atom stereocenters. The van der Waals surface area contributed by atoms with E-state index in [1.165, 1.54) is 5.56 Å². The van der Waals surface area contributed by atoms with Crippen molar-refractivity contribution >= 4 is 11.9 Å². The first kappa shape index (κ1) is 14.3. The van der Waals surface area contributed by atoms with Gasteiger partial charge in [0.15, 0.2) is 0 Å². The molecule has 0 radical (unpaired) electrons. The van der Waals surface area contributed by atoms with Crippen molar-refractivity contribution in [1.82, 2.24) is 4.57 Å². The average Bonchev–Trinajstić information content (AvgIpc) is 2.93. The molecular formula is C18H21NO. The van der Waals surface area contributed by atoms with Gasteiger partial charge in [-0.1, -0.05) is 44.2 Å². The third-order valence-electron chi connectivity index (χ3n) is 3.45. The molecule has 0 unspecified atom stereocenters. The molecule has 0 aliphatic heterocycles. The lowest BCUT2D eigenvalue weighted by molar-refractivity contribution is 0.103. The van der Waals surface area contributed by atoms with Crippen LogP contribution in [0.15, 0.2) is 48.7 Å². The second-order valence-corrected chi connectivity index (χ2v) is 5.20. The van der Waals surface area contributed by atoms with E-state index in [1.54, 1.807) is 6.08 Å². The molecule has 2 rings (SSSR count). The van der Waals surface area contributed by atoms with Crippen LogP contribution in [0.25, 0.3) is 6.08 Å². The quantitative estimate of drug-likeness (QED) is 0.576. The maximum absolute atomic E-state index is 12.1. The van der Waals surface area contributed by atoms with Crippen LogP contribution in [0.4, 0.5) is 0 Å². The summed E-state index contributed by atoms with van der Waals surface area (Å²) in [7, 11) is 0. The van der Waals surface area contributed by atoms with E-state index in [4.69, 9.17) is 0 Å². The van der Waals surface area contributed by atoms with Crippen LogP contribution in [0, 0.1) is 0 Å². The minimum absolute atomic E-state index is 0.0461. The number of hydrogen-bond acceptors (Lipinski definition) is 1. The number of rotatable bonds is 5. The molecule has 2 aromatic rings. The van der Waals surface area contributed by atoms with E-state index in [-0.39, 0.29) is 5.78 Å². The van der Waals surface area contributed by atoms with Crippen molar-refractivity contribution < 1.29 is 4.79 Å². The van der Waals surface area contributed by atoms with Gasteiger partial charge in [0.25, 0.3) is 0 Å². The van der Waals surface area contributed by atoms with Crippen molar-refractivity contribution in [2.75, 3.05) is 0 Å². The molecule has 0 aliphatic rings. The summed E-state index contributed by atoms with van der Waals surface area (Å²) in [6.45, 7) is 7.19. The Labute approximate surface area is 120 Å². The number of aromatic nitrogens is 1. The standard InChI is InChI=1S/C18H21NO/c1-4-19-13-5-6-17(19)18(20)12-9-15-7-10-16(11-8-15)14(2)3/h5-14H,4H2,1-3H3/b12-9+. The number of ketones is 1. The van der Waals surface area contributed by atoms with Crippen molar-refractivity contribution in [3.05, 3.63) is 65.5 Å². The van der Waals surface area contributed by atoms with E-state index in [2.05, 4.69) is 38.1 Å². The number of nitrogens with zero attached hydrogens (tertiary/aromatic N) is 1. The van der Waals surface area contributed by atoms with Gasteiger partial charge >= 0.3 is 0 Å². The fraction of sp³-hybridized carbons (Fsp3) is 0.278. The van der Waals surface area contributed by atoms with Gasteiger partial charge in [0.1, 0.15) is 0 Å². The highest BCUT2D eigenvalue weighted by Gasteiger charge is 2.06. The smallest absolute Gasteiger partial charge is 0.202 e. The van der Waals surface area contributed by atoms with E-state index >= 15 is 0 Å². The molecule has 0 spiro atoms. The molecule has 1 aromatic carbocycles. The van der Waals surface area contributed by atoms with E-state index in [1.807, 2.05) is 35.9 Å². The Morgan fingerprint density at radius 3 is 2.50 bits per heavy atom. The lowest BCUT2D eigenvalue weighted by atomic mass is 10.0. The van der Waals surface area contributed by atoms with Crippen LogP contribution in [0.3, 0.4) is 0 Å². The molecule has 0 N–H and O–H groups in total.